The van der Waals surface area contributed by atoms with Crippen molar-refractivity contribution in [1.29, 1.82) is 0 Å². The van der Waals surface area contributed by atoms with Gasteiger partial charge in [-0.15, -0.1) is 0 Å². The molecule has 0 aromatic carbocycles. The third-order valence-corrected chi connectivity index (χ3v) is 6.51. The van der Waals surface area contributed by atoms with Crippen LogP contribution in [0, 0.1) is 32.6 Å². The van der Waals surface area contributed by atoms with Crippen LogP contribution < -0.4 is 10.3 Å². The van der Waals surface area contributed by atoms with Gasteiger partial charge in [-0.2, -0.15) is 13.2 Å². The van der Waals surface area contributed by atoms with Crippen LogP contribution in [0.3, 0.4) is 0 Å². The SMILES string of the molecule is CCOC(=O)c1c(-c2cc(C)c(C(F)(F)F)nc2N2C[C@H](C)C(F)(F)[C@@H](C)C2)[nH]c(C)c(C)c1=O. The minimum atomic E-state index is -4.80. The van der Waals surface area contributed by atoms with Crippen molar-refractivity contribution in [3.8, 4) is 11.3 Å². The molecule has 0 unspecified atom stereocenters. The van der Waals surface area contributed by atoms with E-state index in [0.29, 0.717) is 5.69 Å². The number of aryl methyl sites for hydroxylation is 2. The Balaban J connectivity index is 2.36. The van der Waals surface area contributed by atoms with E-state index in [-0.39, 0.29) is 53.5 Å². The summed E-state index contributed by atoms with van der Waals surface area (Å²) in [6.45, 7) is 7.95. The van der Waals surface area contributed by atoms with Crippen molar-refractivity contribution >= 4 is 11.8 Å². The zero-order valence-corrected chi connectivity index (χ0v) is 20.4. The first-order valence-corrected chi connectivity index (χ1v) is 11.2. The highest BCUT2D eigenvalue weighted by atomic mass is 19.4. The van der Waals surface area contributed by atoms with E-state index in [1.54, 1.807) is 13.8 Å². The highest BCUT2D eigenvalue weighted by molar-refractivity contribution is 5.98. The summed E-state index contributed by atoms with van der Waals surface area (Å²) in [5.74, 6) is -6.53. The lowest BCUT2D eigenvalue weighted by Gasteiger charge is -2.42. The van der Waals surface area contributed by atoms with E-state index < -0.39 is 41.0 Å². The standard InChI is InChI=1S/C24H28F5N3O3/c1-7-35-22(34)17-18(30-15(6)14(5)19(17)33)16-8-11(2)20(24(27,28)29)31-21(16)32-9-12(3)23(25,26)13(4)10-32/h8,12-13H,7,9-10H2,1-6H3,(H,30,33)/t12-,13-/m0/s1. The number of hydrogen-bond acceptors (Lipinski definition) is 5. The number of rotatable bonds is 4. The molecule has 1 N–H and O–H groups in total. The van der Waals surface area contributed by atoms with Gasteiger partial charge in [0.15, 0.2) is 5.43 Å². The van der Waals surface area contributed by atoms with Gasteiger partial charge >= 0.3 is 12.1 Å². The predicted octanol–water partition coefficient (Wildman–Crippen LogP) is 5.29. The summed E-state index contributed by atoms with van der Waals surface area (Å²) >= 11 is 0. The van der Waals surface area contributed by atoms with E-state index in [9.17, 15) is 31.5 Å². The zero-order chi connectivity index (χ0) is 26.5. The van der Waals surface area contributed by atoms with Crippen LogP contribution in [-0.4, -0.2) is 41.6 Å². The van der Waals surface area contributed by atoms with Crippen molar-refractivity contribution in [3.05, 3.63) is 44.4 Å². The topological polar surface area (TPSA) is 75.3 Å². The second kappa shape index (κ2) is 9.23. The molecule has 0 spiro atoms. The Morgan fingerprint density at radius 3 is 2.29 bits per heavy atom. The van der Waals surface area contributed by atoms with Crippen LogP contribution in [0.5, 0.6) is 0 Å². The van der Waals surface area contributed by atoms with E-state index in [4.69, 9.17) is 4.74 Å². The summed E-state index contributed by atoms with van der Waals surface area (Å²) in [6, 6.07) is 1.18. The number of pyridine rings is 2. The maximum Gasteiger partial charge on any atom is 0.433 e. The Bertz CT molecular complexity index is 1190. The summed E-state index contributed by atoms with van der Waals surface area (Å²) in [7, 11) is 0. The number of halogens is 5. The number of nitrogens with zero attached hydrogens (tertiary/aromatic N) is 2. The maximum absolute atomic E-state index is 14.5. The lowest BCUT2D eigenvalue weighted by Crippen LogP contribution is -2.52. The molecule has 192 valence electrons. The second-order valence-electron chi connectivity index (χ2n) is 9.08. The monoisotopic (exact) mass is 501 g/mol. The van der Waals surface area contributed by atoms with Gasteiger partial charge < -0.3 is 14.6 Å². The van der Waals surface area contributed by atoms with Crippen molar-refractivity contribution in [2.45, 2.75) is 53.6 Å². The fourth-order valence-corrected chi connectivity index (χ4v) is 4.37. The highest BCUT2D eigenvalue weighted by Crippen LogP contribution is 2.43. The van der Waals surface area contributed by atoms with E-state index in [1.807, 2.05) is 0 Å². The molecule has 2 aromatic rings. The molecule has 11 heteroatoms. The molecule has 0 bridgehead atoms. The number of aromatic amines is 1. The third kappa shape index (κ3) is 4.77. The summed E-state index contributed by atoms with van der Waals surface area (Å²) in [4.78, 5) is 34.0. The average Bonchev–Trinajstić information content (AvgIpc) is 2.74. The van der Waals surface area contributed by atoms with Crippen LogP contribution in [0.15, 0.2) is 10.9 Å². The quantitative estimate of drug-likeness (QED) is 0.456. The molecule has 3 rings (SSSR count). The number of ether oxygens (including phenoxy) is 1. The first kappa shape index (κ1) is 26.6. The first-order chi connectivity index (χ1) is 16.1. The lowest BCUT2D eigenvalue weighted by atomic mass is 9.86. The normalized spacial score (nSPS) is 20.1. The van der Waals surface area contributed by atoms with E-state index in [2.05, 4.69) is 9.97 Å². The van der Waals surface area contributed by atoms with E-state index in [1.165, 1.54) is 38.7 Å². The molecule has 6 nitrogen and oxygen atoms in total. The van der Waals surface area contributed by atoms with Crippen molar-refractivity contribution in [2.75, 3.05) is 24.6 Å². The Kier molecular flexibility index (Phi) is 7.02. The van der Waals surface area contributed by atoms with Gasteiger partial charge in [0.2, 0.25) is 0 Å². The van der Waals surface area contributed by atoms with Crippen LogP contribution in [-0.2, 0) is 10.9 Å². The third-order valence-electron chi connectivity index (χ3n) is 6.51. The van der Waals surface area contributed by atoms with Gasteiger partial charge in [-0.1, -0.05) is 13.8 Å². The highest BCUT2D eigenvalue weighted by Gasteiger charge is 2.48. The molecule has 1 saturated heterocycles. The van der Waals surface area contributed by atoms with E-state index in [0.717, 1.165) is 0 Å². The summed E-state index contributed by atoms with van der Waals surface area (Å²) in [6.07, 6.45) is -4.80. The van der Waals surface area contributed by atoms with Gasteiger partial charge in [-0.3, -0.25) is 4.79 Å². The molecule has 1 aliphatic rings. The number of aromatic nitrogens is 2. The summed E-state index contributed by atoms with van der Waals surface area (Å²) < 4.78 is 75.3. The first-order valence-electron chi connectivity index (χ1n) is 11.2. The fraction of sp³-hybridized carbons (Fsp3) is 0.542. The molecule has 1 fully saturated rings. The Morgan fingerprint density at radius 1 is 1.20 bits per heavy atom. The van der Waals surface area contributed by atoms with Crippen molar-refractivity contribution in [2.24, 2.45) is 11.8 Å². The molecule has 3 heterocycles. The van der Waals surface area contributed by atoms with Crippen LogP contribution in [0.1, 0.15) is 53.6 Å². The number of carbonyl (C=O) groups is 1. The van der Waals surface area contributed by atoms with Crippen LogP contribution in [0.25, 0.3) is 11.3 Å². The zero-order valence-electron chi connectivity index (χ0n) is 20.4. The van der Waals surface area contributed by atoms with E-state index >= 15 is 0 Å². The molecule has 0 radical (unpaired) electrons. The average molecular weight is 501 g/mol. The van der Waals surface area contributed by atoms with Gasteiger partial charge in [-0.05, 0) is 39.3 Å². The number of esters is 1. The van der Waals surface area contributed by atoms with Gasteiger partial charge in [0.05, 0.1) is 12.3 Å². The maximum atomic E-state index is 14.5. The Hall–Kier alpha value is -2.98. The predicted molar refractivity (Wildman–Crippen MR) is 121 cm³/mol. The smallest absolute Gasteiger partial charge is 0.433 e. The van der Waals surface area contributed by atoms with Crippen molar-refractivity contribution in [3.63, 3.8) is 0 Å². The largest absolute Gasteiger partial charge is 0.462 e. The van der Waals surface area contributed by atoms with Gasteiger partial charge in [0, 0.05) is 41.7 Å². The molecule has 2 atom stereocenters. The number of piperidine rings is 1. The molecule has 0 saturated carbocycles. The number of nitrogens with one attached hydrogen (secondary N) is 1. The second-order valence-corrected chi connectivity index (χ2v) is 9.08. The molecule has 0 amide bonds. The summed E-state index contributed by atoms with van der Waals surface area (Å²) in [5, 5.41) is 0. The van der Waals surface area contributed by atoms with Gasteiger partial charge in [-0.25, -0.2) is 18.6 Å². The minimum absolute atomic E-state index is 0.0297. The summed E-state index contributed by atoms with van der Waals surface area (Å²) in [5.41, 5.74) is -1.81. The fourth-order valence-electron chi connectivity index (χ4n) is 4.37. The number of hydrogen-bond donors (Lipinski definition) is 1. The molecular formula is C24H28F5N3O3. The Morgan fingerprint density at radius 2 is 1.77 bits per heavy atom. The van der Waals surface area contributed by atoms with Crippen molar-refractivity contribution in [1.82, 2.24) is 9.97 Å². The van der Waals surface area contributed by atoms with Gasteiger partial charge in [0.1, 0.15) is 17.1 Å². The molecule has 0 aliphatic carbocycles. The van der Waals surface area contributed by atoms with Crippen LogP contribution in [0.2, 0.25) is 0 Å². The minimum Gasteiger partial charge on any atom is -0.462 e. The number of anilines is 1. The number of carbonyl (C=O) groups excluding carboxylic acids is 1. The molecular weight excluding hydrogens is 473 g/mol. The number of alkyl halides is 5. The number of H-pyrrole nitrogens is 1. The lowest BCUT2D eigenvalue weighted by molar-refractivity contribution is -0.141. The molecule has 1 aliphatic heterocycles. The van der Waals surface area contributed by atoms with Crippen molar-refractivity contribution < 1.29 is 31.5 Å². The molecule has 2 aromatic heterocycles. The van der Waals surface area contributed by atoms with Gasteiger partial charge in [0.25, 0.3) is 5.92 Å². The Labute approximate surface area is 199 Å². The molecule has 35 heavy (non-hydrogen) atoms. The van der Waals surface area contributed by atoms with Crippen LogP contribution in [0.4, 0.5) is 27.8 Å². The van der Waals surface area contributed by atoms with Crippen LogP contribution >= 0.6 is 0 Å².